The maximum atomic E-state index is 12.2. The molecule has 0 radical (unpaired) electrons. The van der Waals surface area contributed by atoms with Crippen molar-refractivity contribution in [1.29, 1.82) is 0 Å². The van der Waals surface area contributed by atoms with Crippen LogP contribution in [0.5, 0.6) is 0 Å². The molecular weight excluding hydrogens is 396 g/mol. The maximum Gasteiger partial charge on any atom is 0.277 e. The molecular formula is C14H13BrN6O2S. The van der Waals surface area contributed by atoms with Crippen molar-refractivity contribution in [1.82, 2.24) is 25.0 Å². The van der Waals surface area contributed by atoms with Crippen molar-refractivity contribution >= 4 is 39.3 Å². The number of rotatable bonds is 6. The van der Waals surface area contributed by atoms with E-state index < -0.39 is 0 Å². The van der Waals surface area contributed by atoms with Crippen LogP contribution in [-0.2, 0) is 11.3 Å². The first-order valence-corrected chi connectivity index (χ1v) is 8.65. The first-order valence-electron chi connectivity index (χ1n) is 6.98. The van der Waals surface area contributed by atoms with Gasteiger partial charge in [0, 0.05) is 10.2 Å². The second kappa shape index (κ2) is 7.58. The number of hydrogen-bond donors (Lipinski definition) is 1. The van der Waals surface area contributed by atoms with Crippen molar-refractivity contribution in [2.45, 2.75) is 23.9 Å². The van der Waals surface area contributed by atoms with Crippen LogP contribution in [0.4, 0.5) is 5.69 Å². The van der Waals surface area contributed by atoms with Crippen LogP contribution >= 0.6 is 27.7 Å². The molecule has 10 heteroatoms. The Morgan fingerprint density at radius 1 is 1.38 bits per heavy atom. The molecule has 124 valence electrons. The number of thioether (sulfide) groups is 1. The lowest BCUT2D eigenvalue weighted by Crippen LogP contribution is -2.22. The zero-order chi connectivity index (χ0) is 16.9. The van der Waals surface area contributed by atoms with Gasteiger partial charge < -0.3 is 9.73 Å². The third-order valence-electron chi connectivity index (χ3n) is 2.97. The van der Waals surface area contributed by atoms with Gasteiger partial charge >= 0.3 is 0 Å². The topological polar surface area (TPSA) is 98.7 Å². The van der Waals surface area contributed by atoms with Crippen molar-refractivity contribution in [3.63, 3.8) is 0 Å². The molecule has 1 unspecified atom stereocenters. The van der Waals surface area contributed by atoms with E-state index in [0.29, 0.717) is 17.7 Å². The molecule has 3 rings (SSSR count). The predicted molar refractivity (Wildman–Crippen MR) is 91.5 cm³/mol. The van der Waals surface area contributed by atoms with E-state index in [0.717, 1.165) is 10.2 Å². The number of anilines is 1. The van der Waals surface area contributed by atoms with Gasteiger partial charge in [0.05, 0.1) is 5.25 Å². The fourth-order valence-corrected chi connectivity index (χ4v) is 2.75. The Balaban J connectivity index is 1.56. The van der Waals surface area contributed by atoms with Crippen LogP contribution in [0.3, 0.4) is 0 Å². The van der Waals surface area contributed by atoms with E-state index in [1.807, 2.05) is 24.3 Å². The number of hydrogen-bond acceptors (Lipinski definition) is 7. The summed E-state index contributed by atoms with van der Waals surface area (Å²) in [5.41, 5.74) is 0.730. The lowest BCUT2D eigenvalue weighted by atomic mass is 10.3. The van der Waals surface area contributed by atoms with Gasteiger partial charge in [-0.2, -0.15) is 5.10 Å². The molecule has 1 amide bonds. The fourth-order valence-electron chi connectivity index (χ4n) is 1.78. The molecule has 24 heavy (non-hydrogen) atoms. The van der Waals surface area contributed by atoms with Gasteiger partial charge in [-0.15, -0.1) is 10.2 Å². The van der Waals surface area contributed by atoms with Crippen molar-refractivity contribution in [3.05, 3.63) is 47.3 Å². The second-order valence-electron chi connectivity index (χ2n) is 4.81. The number of carbonyl (C=O) groups excluding carboxylic acids is 1. The fraction of sp³-hybridized carbons (Fsp3) is 0.214. The van der Waals surface area contributed by atoms with Crippen molar-refractivity contribution in [3.8, 4) is 0 Å². The summed E-state index contributed by atoms with van der Waals surface area (Å²) in [6, 6.07) is 7.37. The van der Waals surface area contributed by atoms with E-state index in [1.165, 1.54) is 18.1 Å². The van der Waals surface area contributed by atoms with E-state index in [1.54, 1.807) is 17.9 Å². The van der Waals surface area contributed by atoms with Gasteiger partial charge in [0.25, 0.3) is 5.22 Å². The number of aromatic nitrogens is 5. The standard InChI is InChI=1S/C14H13BrN6O2S/c1-9(13(22)18-11-4-2-10(15)3-5-11)24-14-20-19-12(23-14)6-21-8-16-7-17-21/h2-5,7-9H,6H2,1H3,(H,18,22). The summed E-state index contributed by atoms with van der Waals surface area (Å²) >= 11 is 4.55. The largest absolute Gasteiger partial charge is 0.414 e. The Hall–Kier alpha value is -2.20. The second-order valence-corrected chi connectivity index (χ2v) is 7.02. The Labute approximate surface area is 150 Å². The van der Waals surface area contributed by atoms with Gasteiger partial charge in [0.2, 0.25) is 11.8 Å². The van der Waals surface area contributed by atoms with Crippen LogP contribution in [0.1, 0.15) is 12.8 Å². The summed E-state index contributed by atoms with van der Waals surface area (Å²) in [6.07, 6.45) is 2.99. The molecule has 8 nitrogen and oxygen atoms in total. The van der Waals surface area contributed by atoms with Gasteiger partial charge in [-0.25, -0.2) is 9.67 Å². The summed E-state index contributed by atoms with van der Waals surface area (Å²) in [7, 11) is 0. The maximum absolute atomic E-state index is 12.2. The third kappa shape index (κ3) is 4.42. The SMILES string of the molecule is CC(Sc1nnc(Cn2cncn2)o1)C(=O)Nc1ccc(Br)cc1. The van der Waals surface area contributed by atoms with Crippen molar-refractivity contribution in [2.24, 2.45) is 0 Å². The summed E-state index contributed by atoms with van der Waals surface area (Å²) in [6.45, 7) is 2.12. The molecule has 1 atom stereocenters. The predicted octanol–water partition coefficient (Wildman–Crippen LogP) is 2.59. The third-order valence-corrected chi connectivity index (χ3v) is 4.43. The monoisotopic (exact) mass is 408 g/mol. The summed E-state index contributed by atoms with van der Waals surface area (Å²) in [5.74, 6) is 0.266. The number of benzene rings is 1. The van der Waals surface area contributed by atoms with E-state index in [-0.39, 0.29) is 11.2 Å². The Kier molecular flexibility index (Phi) is 5.26. The summed E-state index contributed by atoms with van der Waals surface area (Å²) in [4.78, 5) is 16.1. The minimum absolute atomic E-state index is 0.140. The lowest BCUT2D eigenvalue weighted by Gasteiger charge is -2.09. The smallest absolute Gasteiger partial charge is 0.277 e. The molecule has 1 N–H and O–H groups in total. The molecule has 2 aromatic heterocycles. The average molecular weight is 409 g/mol. The molecule has 0 aliphatic heterocycles. The highest BCUT2D eigenvalue weighted by Crippen LogP contribution is 2.23. The van der Waals surface area contributed by atoms with Crippen LogP contribution in [0.2, 0.25) is 0 Å². The van der Waals surface area contributed by atoms with Gasteiger partial charge in [-0.05, 0) is 31.2 Å². The van der Waals surface area contributed by atoms with Gasteiger partial charge in [0.15, 0.2) is 0 Å². The van der Waals surface area contributed by atoms with Crippen LogP contribution in [0.25, 0.3) is 0 Å². The van der Waals surface area contributed by atoms with Gasteiger partial charge in [0.1, 0.15) is 19.2 Å². The number of amides is 1. The molecule has 0 fully saturated rings. The molecule has 0 bridgehead atoms. The number of carbonyl (C=O) groups is 1. The van der Waals surface area contributed by atoms with Crippen LogP contribution in [0, 0.1) is 0 Å². The highest BCUT2D eigenvalue weighted by atomic mass is 79.9. The molecule has 0 aliphatic rings. The molecule has 2 heterocycles. The quantitative estimate of drug-likeness (QED) is 0.625. The molecule has 0 saturated carbocycles. The summed E-state index contributed by atoms with van der Waals surface area (Å²) in [5, 5.41) is 14.6. The van der Waals surface area contributed by atoms with Crippen LogP contribution in [0.15, 0.2) is 51.0 Å². The Morgan fingerprint density at radius 2 is 2.17 bits per heavy atom. The molecule has 0 saturated heterocycles. The zero-order valence-electron chi connectivity index (χ0n) is 12.6. The normalized spacial score (nSPS) is 12.1. The Morgan fingerprint density at radius 3 is 2.88 bits per heavy atom. The first-order chi connectivity index (χ1) is 11.6. The number of nitrogens with zero attached hydrogens (tertiary/aromatic N) is 5. The lowest BCUT2D eigenvalue weighted by molar-refractivity contribution is -0.115. The summed E-state index contributed by atoms with van der Waals surface area (Å²) < 4.78 is 8.04. The van der Waals surface area contributed by atoms with E-state index >= 15 is 0 Å². The average Bonchev–Trinajstić information content (AvgIpc) is 3.22. The molecule has 0 aliphatic carbocycles. The molecule has 0 spiro atoms. The number of nitrogens with one attached hydrogen (secondary N) is 1. The highest BCUT2D eigenvalue weighted by Gasteiger charge is 2.18. The highest BCUT2D eigenvalue weighted by molar-refractivity contribution is 9.10. The molecule has 1 aromatic carbocycles. The van der Waals surface area contributed by atoms with Crippen LogP contribution < -0.4 is 5.32 Å². The van der Waals surface area contributed by atoms with Crippen molar-refractivity contribution < 1.29 is 9.21 Å². The van der Waals surface area contributed by atoms with Crippen LogP contribution in [-0.4, -0.2) is 36.1 Å². The first kappa shape index (κ1) is 16.7. The van der Waals surface area contributed by atoms with E-state index in [4.69, 9.17) is 4.42 Å². The van der Waals surface area contributed by atoms with E-state index in [2.05, 4.69) is 41.5 Å². The molecule has 3 aromatic rings. The van der Waals surface area contributed by atoms with Crippen molar-refractivity contribution in [2.75, 3.05) is 5.32 Å². The minimum Gasteiger partial charge on any atom is -0.414 e. The minimum atomic E-state index is -0.381. The number of halogens is 1. The Bertz CT molecular complexity index is 805. The zero-order valence-corrected chi connectivity index (χ0v) is 15.0. The van der Waals surface area contributed by atoms with E-state index in [9.17, 15) is 4.79 Å². The van der Waals surface area contributed by atoms with Gasteiger partial charge in [-0.1, -0.05) is 27.7 Å². The van der Waals surface area contributed by atoms with Gasteiger partial charge in [-0.3, -0.25) is 4.79 Å².